The van der Waals surface area contributed by atoms with Crippen molar-refractivity contribution in [2.75, 3.05) is 0 Å². The molecule has 0 saturated heterocycles. The van der Waals surface area contributed by atoms with E-state index in [1.807, 2.05) is 24.3 Å². The van der Waals surface area contributed by atoms with E-state index in [4.69, 9.17) is 5.11 Å². The highest BCUT2D eigenvalue weighted by atomic mass is 79.9. The van der Waals surface area contributed by atoms with E-state index < -0.39 is 5.97 Å². The number of aromatic carboxylic acids is 1. The van der Waals surface area contributed by atoms with Gasteiger partial charge in [-0.3, -0.25) is 0 Å². The minimum atomic E-state index is -1.05. The Morgan fingerprint density at radius 1 is 1.25 bits per heavy atom. The molecule has 0 bridgehead atoms. The van der Waals surface area contributed by atoms with Gasteiger partial charge in [-0.05, 0) is 25.1 Å². The summed E-state index contributed by atoms with van der Waals surface area (Å²) in [4.78, 5) is 15.2. The second-order valence-electron chi connectivity index (χ2n) is 4.31. The molecule has 0 fully saturated rings. The first kappa shape index (κ1) is 12.8. The van der Waals surface area contributed by atoms with Crippen LogP contribution in [-0.2, 0) is 0 Å². The number of fused-ring (bicyclic) bond motifs is 1. The molecule has 0 aliphatic rings. The molecule has 2 aromatic heterocycles. The van der Waals surface area contributed by atoms with Gasteiger partial charge in [0.2, 0.25) is 0 Å². The van der Waals surface area contributed by atoms with Crippen LogP contribution in [0.5, 0.6) is 0 Å². The molecule has 0 atom stereocenters. The molecule has 6 heteroatoms. The van der Waals surface area contributed by atoms with Crippen LogP contribution in [-0.4, -0.2) is 25.7 Å². The SMILES string of the molecule is Cc1nc(C(=O)O)c2ccc(-c3ccccc3Br)nn12. The molecule has 0 unspecified atom stereocenters. The molecule has 0 saturated carbocycles. The van der Waals surface area contributed by atoms with E-state index in [9.17, 15) is 4.79 Å². The van der Waals surface area contributed by atoms with Crippen molar-refractivity contribution in [2.24, 2.45) is 0 Å². The Hall–Kier alpha value is -2.21. The summed E-state index contributed by atoms with van der Waals surface area (Å²) in [5.74, 6) is -0.502. The van der Waals surface area contributed by atoms with Gasteiger partial charge in [0.05, 0.1) is 11.2 Å². The van der Waals surface area contributed by atoms with Gasteiger partial charge in [0.25, 0.3) is 0 Å². The van der Waals surface area contributed by atoms with Gasteiger partial charge >= 0.3 is 5.97 Å². The zero-order valence-electron chi connectivity index (χ0n) is 10.5. The number of hydrogen-bond donors (Lipinski definition) is 1. The number of carbonyl (C=O) groups is 1. The van der Waals surface area contributed by atoms with Crippen molar-refractivity contribution in [3.05, 3.63) is 52.4 Å². The van der Waals surface area contributed by atoms with E-state index in [2.05, 4.69) is 26.0 Å². The average molecular weight is 332 g/mol. The van der Waals surface area contributed by atoms with Crippen molar-refractivity contribution in [1.82, 2.24) is 14.6 Å². The molecule has 20 heavy (non-hydrogen) atoms. The Kier molecular flexibility index (Phi) is 3.02. The zero-order valence-corrected chi connectivity index (χ0v) is 12.1. The summed E-state index contributed by atoms with van der Waals surface area (Å²) >= 11 is 3.48. The molecule has 5 nitrogen and oxygen atoms in total. The van der Waals surface area contributed by atoms with Crippen molar-refractivity contribution in [3.63, 3.8) is 0 Å². The Labute approximate surface area is 123 Å². The number of rotatable bonds is 2. The number of halogens is 1. The van der Waals surface area contributed by atoms with E-state index in [1.54, 1.807) is 23.6 Å². The normalized spacial score (nSPS) is 10.9. The van der Waals surface area contributed by atoms with Crippen molar-refractivity contribution in [3.8, 4) is 11.3 Å². The molecule has 0 spiro atoms. The smallest absolute Gasteiger partial charge is 0.356 e. The summed E-state index contributed by atoms with van der Waals surface area (Å²) in [5.41, 5.74) is 2.21. The third-order valence-corrected chi connectivity index (χ3v) is 3.70. The van der Waals surface area contributed by atoms with Gasteiger partial charge < -0.3 is 5.11 Å². The van der Waals surface area contributed by atoms with E-state index in [0.29, 0.717) is 11.3 Å². The lowest BCUT2D eigenvalue weighted by Crippen LogP contribution is -1.99. The fourth-order valence-electron chi connectivity index (χ4n) is 2.09. The standard InChI is InChI=1S/C14H10BrN3O2/c1-8-16-13(14(19)20)12-7-6-11(17-18(8)12)9-4-2-3-5-10(9)15/h2-7H,1H3,(H,19,20). The van der Waals surface area contributed by atoms with Crippen molar-refractivity contribution >= 4 is 27.4 Å². The predicted octanol–water partition coefficient (Wildman–Crippen LogP) is 3.17. The number of nitrogens with zero attached hydrogens (tertiary/aromatic N) is 3. The number of aryl methyl sites for hydroxylation is 1. The van der Waals surface area contributed by atoms with Crippen LogP contribution in [0.1, 0.15) is 16.3 Å². The van der Waals surface area contributed by atoms with Gasteiger partial charge in [-0.1, -0.05) is 34.1 Å². The van der Waals surface area contributed by atoms with Crippen LogP contribution >= 0.6 is 15.9 Å². The number of carboxylic acid groups (broad SMARTS) is 1. The first-order valence-electron chi connectivity index (χ1n) is 5.92. The van der Waals surface area contributed by atoms with Gasteiger partial charge in [-0.2, -0.15) is 5.10 Å². The molecular weight excluding hydrogens is 322 g/mol. The van der Waals surface area contributed by atoms with Crippen molar-refractivity contribution in [2.45, 2.75) is 6.92 Å². The fraction of sp³-hybridized carbons (Fsp3) is 0.0714. The van der Waals surface area contributed by atoms with Gasteiger partial charge in [-0.15, -0.1) is 0 Å². The van der Waals surface area contributed by atoms with Crippen LogP contribution in [0.25, 0.3) is 16.8 Å². The summed E-state index contributed by atoms with van der Waals surface area (Å²) in [6.45, 7) is 1.73. The first-order chi connectivity index (χ1) is 9.58. The van der Waals surface area contributed by atoms with E-state index in [-0.39, 0.29) is 5.69 Å². The quantitative estimate of drug-likeness (QED) is 0.783. The number of imidazole rings is 1. The third-order valence-electron chi connectivity index (χ3n) is 3.01. The van der Waals surface area contributed by atoms with Gasteiger partial charge in [-0.25, -0.2) is 14.3 Å². The molecule has 0 aliphatic carbocycles. The van der Waals surface area contributed by atoms with Crippen LogP contribution < -0.4 is 0 Å². The summed E-state index contributed by atoms with van der Waals surface area (Å²) in [7, 11) is 0. The van der Waals surface area contributed by atoms with E-state index in [0.717, 1.165) is 15.7 Å². The Balaban J connectivity index is 2.24. The van der Waals surface area contributed by atoms with Crippen molar-refractivity contribution in [1.29, 1.82) is 0 Å². The highest BCUT2D eigenvalue weighted by molar-refractivity contribution is 9.10. The summed E-state index contributed by atoms with van der Waals surface area (Å²) in [6, 6.07) is 11.3. The van der Waals surface area contributed by atoms with Crippen LogP contribution in [0.3, 0.4) is 0 Å². The second-order valence-corrected chi connectivity index (χ2v) is 5.16. The second kappa shape index (κ2) is 4.72. The van der Waals surface area contributed by atoms with Gasteiger partial charge in [0, 0.05) is 10.0 Å². The third kappa shape index (κ3) is 1.98. The van der Waals surface area contributed by atoms with E-state index >= 15 is 0 Å². The number of carboxylic acids is 1. The molecule has 0 aliphatic heterocycles. The highest BCUT2D eigenvalue weighted by Gasteiger charge is 2.16. The Morgan fingerprint density at radius 2 is 2.00 bits per heavy atom. The number of hydrogen-bond acceptors (Lipinski definition) is 3. The van der Waals surface area contributed by atoms with Crippen LogP contribution in [0.15, 0.2) is 40.9 Å². The molecule has 0 amide bonds. The Morgan fingerprint density at radius 3 is 2.70 bits per heavy atom. The minimum Gasteiger partial charge on any atom is -0.476 e. The first-order valence-corrected chi connectivity index (χ1v) is 6.72. The van der Waals surface area contributed by atoms with Crippen molar-refractivity contribution < 1.29 is 9.90 Å². The van der Waals surface area contributed by atoms with E-state index in [1.165, 1.54) is 0 Å². The lowest BCUT2D eigenvalue weighted by molar-refractivity contribution is 0.0693. The largest absolute Gasteiger partial charge is 0.476 e. The summed E-state index contributed by atoms with van der Waals surface area (Å²) < 4.78 is 2.49. The average Bonchev–Trinajstić information content (AvgIpc) is 2.76. The zero-order chi connectivity index (χ0) is 14.3. The fourth-order valence-corrected chi connectivity index (χ4v) is 2.57. The van der Waals surface area contributed by atoms with Crippen LogP contribution in [0.2, 0.25) is 0 Å². The maximum Gasteiger partial charge on any atom is 0.356 e. The topological polar surface area (TPSA) is 67.5 Å². The monoisotopic (exact) mass is 331 g/mol. The maximum absolute atomic E-state index is 11.1. The maximum atomic E-state index is 11.1. The predicted molar refractivity (Wildman–Crippen MR) is 77.8 cm³/mol. The molecular formula is C14H10BrN3O2. The lowest BCUT2D eigenvalue weighted by atomic mass is 10.1. The molecule has 3 rings (SSSR count). The van der Waals surface area contributed by atoms with Crippen LogP contribution in [0.4, 0.5) is 0 Å². The van der Waals surface area contributed by atoms with Gasteiger partial charge in [0.15, 0.2) is 5.69 Å². The molecule has 0 radical (unpaired) electrons. The molecule has 1 N–H and O–H groups in total. The summed E-state index contributed by atoms with van der Waals surface area (Å²) in [6.07, 6.45) is 0. The number of aromatic nitrogens is 3. The Bertz CT molecular complexity index is 826. The highest BCUT2D eigenvalue weighted by Crippen LogP contribution is 2.27. The molecule has 1 aromatic carbocycles. The van der Waals surface area contributed by atoms with Crippen LogP contribution in [0, 0.1) is 6.92 Å². The lowest BCUT2D eigenvalue weighted by Gasteiger charge is -2.04. The molecule has 2 heterocycles. The molecule has 100 valence electrons. The minimum absolute atomic E-state index is 0.0219. The number of benzene rings is 1. The summed E-state index contributed by atoms with van der Waals surface area (Å²) in [5, 5.41) is 13.6. The van der Waals surface area contributed by atoms with Gasteiger partial charge in [0.1, 0.15) is 5.82 Å². The molecule has 3 aromatic rings.